The van der Waals surface area contributed by atoms with Gasteiger partial charge in [-0.1, -0.05) is 13.3 Å². The Hall–Kier alpha value is 0. The van der Waals surface area contributed by atoms with Crippen LogP contribution in [0.15, 0.2) is 0 Å². The van der Waals surface area contributed by atoms with Crippen LogP contribution < -0.4 is 0 Å². The van der Waals surface area contributed by atoms with Crippen LogP contribution in [0, 0.1) is 22.2 Å². The van der Waals surface area contributed by atoms with Gasteiger partial charge in [0.1, 0.15) is 0 Å². The van der Waals surface area contributed by atoms with Crippen LogP contribution in [0.4, 0.5) is 0 Å². The quantitative estimate of drug-likeness (QED) is 0.554. The van der Waals surface area contributed by atoms with Crippen LogP contribution in [0.2, 0.25) is 0 Å². The minimum Gasteiger partial charge on any atom is -0.0649 e. The largest absolute Gasteiger partial charge is 0.0649 e. The Bertz CT molecular complexity index is 265. The summed E-state index contributed by atoms with van der Waals surface area (Å²) < 4.78 is 0. The third kappa shape index (κ3) is 0.367. The van der Waals surface area contributed by atoms with Crippen molar-refractivity contribution in [1.82, 2.24) is 0 Å². The SMILES string of the molecule is CCC12CC3CC4(CCC34C1)C2. The van der Waals surface area contributed by atoms with E-state index in [-0.39, 0.29) is 0 Å². The first kappa shape index (κ1) is 6.45. The lowest BCUT2D eigenvalue weighted by Crippen LogP contribution is -2.62. The van der Waals surface area contributed by atoms with Gasteiger partial charge >= 0.3 is 0 Å². The summed E-state index contributed by atoms with van der Waals surface area (Å²) in [5, 5.41) is 0. The molecule has 0 aromatic rings. The highest BCUT2D eigenvalue weighted by molar-refractivity contribution is 5.30. The fourth-order valence-electron chi connectivity index (χ4n) is 5.81. The van der Waals surface area contributed by atoms with E-state index >= 15 is 0 Å². The topological polar surface area (TPSA) is 0 Å². The molecule has 0 aromatic heterocycles. The van der Waals surface area contributed by atoms with E-state index in [1.165, 1.54) is 12.3 Å². The molecule has 4 atom stereocenters. The van der Waals surface area contributed by atoms with E-state index in [2.05, 4.69) is 6.92 Å². The molecule has 4 rings (SSSR count). The fraction of sp³-hybridized carbons (Fsp3) is 1.00. The fourth-order valence-corrected chi connectivity index (χ4v) is 5.81. The van der Waals surface area contributed by atoms with Crippen molar-refractivity contribution in [2.45, 2.75) is 51.9 Å². The molecule has 4 saturated carbocycles. The first-order valence-electron chi connectivity index (χ1n) is 5.74. The first-order chi connectivity index (χ1) is 5.74. The molecule has 0 amide bonds. The summed E-state index contributed by atoms with van der Waals surface area (Å²) in [5.41, 5.74) is 2.74. The average Bonchev–Trinajstić information content (AvgIpc) is 2.43. The molecule has 0 heteroatoms. The normalized spacial score (nSPS) is 70.2. The van der Waals surface area contributed by atoms with Gasteiger partial charge in [0.2, 0.25) is 0 Å². The number of rotatable bonds is 1. The lowest BCUT2D eigenvalue weighted by molar-refractivity contribution is -0.217. The summed E-state index contributed by atoms with van der Waals surface area (Å²) in [5.74, 6) is 1.19. The zero-order valence-electron chi connectivity index (χ0n) is 8.03. The van der Waals surface area contributed by atoms with Crippen molar-refractivity contribution in [2.24, 2.45) is 22.2 Å². The zero-order chi connectivity index (χ0) is 8.03. The Morgan fingerprint density at radius 2 is 2.08 bits per heavy atom. The van der Waals surface area contributed by atoms with Gasteiger partial charge in [0.25, 0.3) is 0 Å². The van der Waals surface area contributed by atoms with Crippen LogP contribution >= 0.6 is 0 Å². The summed E-state index contributed by atoms with van der Waals surface area (Å²) in [6.45, 7) is 2.43. The summed E-state index contributed by atoms with van der Waals surface area (Å²) in [4.78, 5) is 0. The average molecular weight is 162 g/mol. The van der Waals surface area contributed by atoms with Crippen LogP contribution in [0.1, 0.15) is 51.9 Å². The highest BCUT2D eigenvalue weighted by Crippen LogP contribution is 2.90. The van der Waals surface area contributed by atoms with E-state index in [1.54, 1.807) is 38.5 Å². The third-order valence-electron chi connectivity index (χ3n) is 6.36. The van der Waals surface area contributed by atoms with Gasteiger partial charge in [-0.15, -0.1) is 0 Å². The molecular weight excluding hydrogens is 144 g/mol. The minimum absolute atomic E-state index is 0.861. The molecule has 0 N–H and O–H groups in total. The Balaban J connectivity index is 1.86. The maximum atomic E-state index is 2.43. The van der Waals surface area contributed by atoms with Crippen molar-refractivity contribution in [1.29, 1.82) is 0 Å². The zero-order valence-corrected chi connectivity index (χ0v) is 8.03. The van der Waals surface area contributed by atoms with Gasteiger partial charge < -0.3 is 0 Å². The van der Waals surface area contributed by atoms with Crippen molar-refractivity contribution in [3.8, 4) is 0 Å². The summed E-state index contributed by atoms with van der Waals surface area (Å²) >= 11 is 0. The monoisotopic (exact) mass is 162 g/mol. The standard InChI is InChI=1S/C12H18/c1-2-10-5-9-6-11(7-10)3-4-12(9,11)8-10/h9H,2-8H2,1H3. The summed E-state index contributed by atoms with van der Waals surface area (Å²) in [6, 6.07) is 0. The molecule has 4 aliphatic carbocycles. The second kappa shape index (κ2) is 1.40. The van der Waals surface area contributed by atoms with Crippen LogP contribution in [0.25, 0.3) is 0 Å². The maximum Gasteiger partial charge on any atom is -0.0206 e. The summed E-state index contributed by atoms with van der Waals surface area (Å²) in [7, 11) is 0. The number of fused-ring (bicyclic) bond motifs is 1. The van der Waals surface area contributed by atoms with Crippen molar-refractivity contribution in [3.05, 3.63) is 0 Å². The van der Waals surface area contributed by atoms with E-state index in [9.17, 15) is 0 Å². The Morgan fingerprint density at radius 1 is 1.17 bits per heavy atom. The molecule has 0 radical (unpaired) electrons. The molecular formula is C12H18. The maximum absolute atomic E-state index is 2.43. The predicted molar refractivity (Wildman–Crippen MR) is 48.8 cm³/mol. The molecule has 0 aromatic carbocycles. The highest BCUT2D eigenvalue weighted by atomic mass is 14.9. The van der Waals surface area contributed by atoms with E-state index in [1.807, 2.05) is 0 Å². The van der Waals surface area contributed by atoms with Crippen molar-refractivity contribution in [3.63, 3.8) is 0 Å². The molecule has 0 saturated heterocycles. The van der Waals surface area contributed by atoms with Crippen LogP contribution in [-0.2, 0) is 0 Å². The minimum atomic E-state index is 0.861. The number of hydrogen-bond acceptors (Lipinski definition) is 0. The molecule has 4 fully saturated rings. The van der Waals surface area contributed by atoms with Crippen LogP contribution in [-0.4, -0.2) is 0 Å². The lowest BCUT2D eigenvalue weighted by Gasteiger charge is -2.71. The van der Waals surface area contributed by atoms with E-state index in [0.717, 1.165) is 16.2 Å². The molecule has 2 bridgehead atoms. The smallest absolute Gasteiger partial charge is 0.0206 e. The molecule has 0 aliphatic heterocycles. The second-order valence-corrected chi connectivity index (χ2v) is 6.25. The third-order valence-corrected chi connectivity index (χ3v) is 6.36. The van der Waals surface area contributed by atoms with Gasteiger partial charge in [-0.25, -0.2) is 0 Å². The van der Waals surface area contributed by atoms with E-state index in [0.29, 0.717) is 0 Å². The van der Waals surface area contributed by atoms with Gasteiger partial charge in [0.05, 0.1) is 0 Å². The van der Waals surface area contributed by atoms with Crippen molar-refractivity contribution in [2.75, 3.05) is 0 Å². The first-order valence-corrected chi connectivity index (χ1v) is 5.74. The van der Waals surface area contributed by atoms with Gasteiger partial charge in [-0.3, -0.25) is 0 Å². The van der Waals surface area contributed by atoms with Crippen molar-refractivity contribution < 1.29 is 0 Å². The van der Waals surface area contributed by atoms with Crippen LogP contribution in [0.5, 0.6) is 0 Å². The van der Waals surface area contributed by atoms with Crippen molar-refractivity contribution >= 4 is 0 Å². The Morgan fingerprint density at radius 3 is 2.50 bits per heavy atom. The highest BCUT2D eigenvalue weighted by Gasteiger charge is 2.81. The summed E-state index contributed by atoms with van der Waals surface area (Å²) in [6.07, 6.45) is 11.2. The Kier molecular flexibility index (Phi) is 0.755. The molecule has 0 heterocycles. The second-order valence-electron chi connectivity index (χ2n) is 6.25. The van der Waals surface area contributed by atoms with Gasteiger partial charge in [0.15, 0.2) is 0 Å². The van der Waals surface area contributed by atoms with E-state index < -0.39 is 0 Å². The lowest BCUT2D eigenvalue weighted by atomic mass is 9.33. The van der Waals surface area contributed by atoms with Crippen LogP contribution in [0.3, 0.4) is 0 Å². The molecule has 12 heavy (non-hydrogen) atoms. The van der Waals surface area contributed by atoms with Gasteiger partial charge in [-0.05, 0) is 60.7 Å². The molecule has 1 spiro atoms. The van der Waals surface area contributed by atoms with E-state index in [4.69, 9.17) is 0 Å². The Labute approximate surface area is 74.7 Å². The predicted octanol–water partition coefficient (Wildman–Crippen LogP) is 3.37. The molecule has 4 unspecified atom stereocenters. The molecule has 0 nitrogen and oxygen atoms in total. The van der Waals surface area contributed by atoms with Gasteiger partial charge in [-0.2, -0.15) is 0 Å². The molecule has 4 aliphatic rings. The molecule has 66 valence electrons. The number of hydrogen-bond donors (Lipinski definition) is 0. The van der Waals surface area contributed by atoms with Gasteiger partial charge in [0, 0.05) is 0 Å².